The zero-order valence-corrected chi connectivity index (χ0v) is 9.77. The molecule has 5 nitrogen and oxygen atoms in total. The molecule has 0 spiro atoms. The van der Waals surface area contributed by atoms with Crippen molar-refractivity contribution in [2.45, 2.75) is 0 Å². The van der Waals surface area contributed by atoms with Gasteiger partial charge in [0.25, 0.3) is 0 Å². The Morgan fingerprint density at radius 3 is 2.43 bits per heavy atom. The van der Waals surface area contributed by atoms with Crippen LogP contribution in [0, 0.1) is 13.7 Å². The second kappa shape index (κ2) is 4.45. The molecule has 0 fully saturated rings. The van der Waals surface area contributed by atoms with Gasteiger partial charge in [-0.1, -0.05) is 0 Å². The Morgan fingerprint density at radius 2 is 2.00 bits per heavy atom. The minimum atomic E-state index is -0.497. The van der Waals surface area contributed by atoms with Crippen molar-refractivity contribution in [3.8, 4) is 11.5 Å². The quantitative estimate of drug-likeness (QED) is 0.488. The lowest BCUT2D eigenvalue weighted by molar-refractivity contribution is -0.385. The standard InChI is InChI=1S/C8H8INO4/c1-13-7-4-5(9)3-6(10(11)12)8(7)14-2/h3-4H,1-2H3. The number of rotatable bonds is 3. The van der Waals surface area contributed by atoms with Gasteiger partial charge in [0, 0.05) is 9.64 Å². The highest BCUT2D eigenvalue weighted by atomic mass is 127. The van der Waals surface area contributed by atoms with Crippen LogP contribution < -0.4 is 9.47 Å². The van der Waals surface area contributed by atoms with Crippen LogP contribution in [-0.4, -0.2) is 19.1 Å². The van der Waals surface area contributed by atoms with Crippen LogP contribution in [-0.2, 0) is 0 Å². The van der Waals surface area contributed by atoms with Crippen LogP contribution in [0.1, 0.15) is 0 Å². The first-order valence-electron chi connectivity index (χ1n) is 3.66. The predicted octanol–water partition coefficient (Wildman–Crippen LogP) is 2.22. The van der Waals surface area contributed by atoms with Gasteiger partial charge >= 0.3 is 5.69 Å². The highest BCUT2D eigenvalue weighted by Crippen LogP contribution is 2.38. The van der Waals surface area contributed by atoms with Crippen molar-refractivity contribution < 1.29 is 14.4 Å². The normalized spacial score (nSPS) is 9.64. The van der Waals surface area contributed by atoms with Crippen molar-refractivity contribution >= 4 is 28.3 Å². The minimum Gasteiger partial charge on any atom is -0.493 e. The molecular weight excluding hydrogens is 301 g/mol. The predicted molar refractivity (Wildman–Crippen MR) is 58.9 cm³/mol. The Balaban J connectivity index is 3.39. The summed E-state index contributed by atoms with van der Waals surface area (Å²) in [5, 5.41) is 10.7. The molecule has 76 valence electrons. The van der Waals surface area contributed by atoms with Crippen LogP contribution in [0.3, 0.4) is 0 Å². The molecule has 6 heteroatoms. The van der Waals surface area contributed by atoms with Gasteiger partial charge in [0.1, 0.15) is 0 Å². The summed E-state index contributed by atoms with van der Waals surface area (Å²) in [4.78, 5) is 10.2. The first-order chi connectivity index (χ1) is 6.60. The molecular formula is C8H8INO4. The Morgan fingerprint density at radius 1 is 1.36 bits per heavy atom. The molecule has 0 aromatic heterocycles. The van der Waals surface area contributed by atoms with Gasteiger partial charge in [-0.25, -0.2) is 0 Å². The first kappa shape index (κ1) is 11.0. The number of benzene rings is 1. The van der Waals surface area contributed by atoms with Gasteiger partial charge < -0.3 is 9.47 Å². The molecule has 1 aromatic carbocycles. The summed E-state index contributed by atoms with van der Waals surface area (Å²) in [6.45, 7) is 0. The van der Waals surface area contributed by atoms with Gasteiger partial charge in [-0.05, 0) is 28.7 Å². The van der Waals surface area contributed by atoms with E-state index in [1.54, 1.807) is 6.07 Å². The van der Waals surface area contributed by atoms with Gasteiger partial charge in [-0.15, -0.1) is 0 Å². The fourth-order valence-electron chi connectivity index (χ4n) is 1.05. The molecule has 1 aromatic rings. The fourth-order valence-corrected chi connectivity index (χ4v) is 1.63. The lowest BCUT2D eigenvalue weighted by atomic mass is 10.3. The molecule has 1 rings (SSSR count). The topological polar surface area (TPSA) is 61.6 Å². The second-order valence-corrected chi connectivity index (χ2v) is 3.66. The van der Waals surface area contributed by atoms with Crippen molar-refractivity contribution in [2.75, 3.05) is 14.2 Å². The van der Waals surface area contributed by atoms with E-state index in [9.17, 15) is 10.1 Å². The lowest BCUT2D eigenvalue weighted by Crippen LogP contribution is -1.97. The third kappa shape index (κ3) is 2.06. The molecule has 0 saturated heterocycles. The van der Waals surface area contributed by atoms with Crippen LogP contribution >= 0.6 is 22.6 Å². The number of nitro benzene ring substituents is 1. The smallest absolute Gasteiger partial charge is 0.315 e. The number of halogens is 1. The van der Waals surface area contributed by atoms with Crippen molar-refractivity contribution in [3.05, 3.63) is 25.8 Å². The molecule has 0 bridgehead atoms. The van der Waals surface area contributed by atoms with E-state index in [0.717, 1.165) is 3.57 Å². The molecule has 0 N–H and O–H groups in total. The van der Waals surface area contributed by atoms with Crippen molar-refractivity contribution in [3.63, 3.8) is 0 Å². The van der Waals surface area contributed by atoms with Gasteiger partial charge in [0.15, 0.2) is 5.75 Å². The summed E-state index contributed by atoms with van der Waals surface area (Å²) in [5.74, 6) is 0.518. The SMILES string of the molecule is COc1cc(I)cc([N+](=O)[O-])c1OC. The fraction of sp³-hybridized carbons (Fsp3) is 0.250. The van der Waals surface area contributed by atoms with E-state index >= 15 is 0 Å². The average Bonchev–Trinajstić information content (AvgIpc) is 2.16. The molecule has 0 radical (unpaired) electrons. The van der Waals surface area contributed by atoms with Crippen LogP contribution in [0.15, 0.2) is 12.1 Å². The summed E-state index contributed by atoms with van der Waals surface area (Å²) in [6.07, 6.45) is 0. The summed E-state index contributed by atoms with van der Waals surface area (Å²) >= 11 is 1.98. The van der Waals surface area contributed by atoms with E-state index in [4.69, 9.17) is 9.47 Å². The number of hydrogen-bond acceptors (Lipinski definition) is 4. The molecule has 0 aliphatic rings. The number of hydrogen-bond donors (Lipinski definition) is 0. The Labute approximate surface area is 94.3 Å². The molecule has 0 amide bonds. The van der Waals surface area contributed by atoms with Crippen LogP contribution in [0.2, 0.25) is 0 Å². The molecule has 0 heterocycles. The average molecular weight is 309 g/mol. The van der Waals surface area contributed by atoms with E-state index in [1.165, 1.54) is 20.3 Å². The molecule has 0 saturated carbocycles. The number of methoxy groups -OCH3 is 2. The summed E-state index contributed by atoms with van der Waals surface area (Å²) < 4.78 is 10.6. The number of ether oxygens (including phenoxy) is 2. The maximum atomic E-state index is 10.7. The Kier molecular flexibility index (Phi) is 3.50. The highest BCUT2D eigenvalue weighted by molar-refractivity contribution is 14.1. The summed E-state index contributed by atoms with van der Waals surface area (Å²) in [7, 11) is 2.81. The molecule has 0 unspecified atom stereocenters. The maximum Gasteiger partial charge on any atom is 0.315 e. The van der Waals surface area contributed by atoms with Gasteiger partial charge in [0.2, 0.25) is 5.75 Å². The first-order valence-corrected chi connectivity index (χ1v) is 4.74. The molecule has 14 heavy (non-hydrogen) atoms. The molecule has 0 atom stereocenters. The zero-order chi connectivity index (χ0) is 10.7. The Hall–Kier alpha value is -1.05. The summed E-state index contributed by atoms with van der Waals surface area (Å²) in [6, 6.07) is 3.11. The number of nitro groups is 1. The van der Waals surface area contributed by atoms with Crippen LogP contribution in [0.25, 0.3) is 0 Å². The van der Waals surface area contributed by atoms with Gasteiger partial charge in [0.05, 0.1) is 19.1 Å². The van der Waals surface area contributed by atoms with E-state index in [0.29, 0.717) is 5.75 Å². The molecule has 0 aliphatic carbocycles. The van der Waals surface area contributed by atoms with Crippen LogP contribution in [0.5, 0.6) is 11.5 Å². The van der Waals surface area contributed by atoms with Crippen LogP contribution in [0.4, 0.5) is 5.69 Å². The minimum absolute atomic E-state index is 0.0868. The Bertz CT molecular complexity index is 367. The van der Waals surface area contributed by atoms with Gasteiger partial charge in [-0.2, -0.15) is 0 Å². The van der Waals surface area contributed by atoms with E-state index < -0.39 is 4.92 Å². The van der Waals surface area contributed by atoms with Crippen molar-refractivity contribution in [1.29, 1.82) is 0 Å². The van der Waals surface area contributed by atoms with E-state index in [-0.39, 0.29) is 11.4 Å². The second-order valence-electron chi connectivity index (χ2n) is 2.42. The maximum absolute atomic E-state index is 10.7. The third-order valence-corrected chi connectivity index (χ3v) is 2.24. The van der Waals surface area contributed by atoms with Crippen molar-refractivity contribution in [2.24, 2.45) is 0 Å². The van der Waals surface area contributed by atoms with Crippen molar-refractivity contribution in [1.82, 2.24) is 0 Å². The van der Waals surface area contributed by atoms with Gasteiger partial charge in [-0.3, -0.25) is 10.1 Å². The lowest BCUT2D eigenvalue weighted by Gasteiger charge is -2.07. The third-order valence-electron chi connectivity index (χ3n) is 1.62. The largest absolute Gasteiger partial charge is 0.493 e. The zero-order valence-electron chi connectivity index (χ0n) is 7.61. The van der Waals surface area contributed by atoms with E-state index in [2.05, 4.69) is 0 Å². The molecule has 0 aliphatic heterocycles. The highest BCUT2D eigenvalue weighted by Gasteiger charge is 2.20. The monoisotopic (exact) mass is 309 g/mol. The summed E-state index contributed by atoms with van der Waals surface area (Å²) in [5.41, 5.74) is -0.0868. The number of nitrogens with zero attached hydrogens (tertiary/aromatic N) is 1. The van der Waals surface area contributed by atoms with E-state index in [1.807, 2.05) is 22.6 Å².